The highest BCUT2D eigenvalue weighted by molar-refractivity contribution is 5.67. The molecule has 0 atom stereocenters. The van der Waals surface area contributed by atoms with Gasteiger partial charge in [-0.1, -0.05) is 12.1 Å². The molecule has 0 fully saturated rings. The largest absolute Gasteiger partial charge is 0.337 e. The highest BCUT2D eigenvalue weighted by Crippen LogP contribution is 2.26. The van der Waals surface area contributed by atoms with Gasteiger partial charge in [-0.25, -0.2) is 19.9 Å². The van der Waals surface area contributed by atoms with Crippen LogP contribution in [0, 0.1) is 0 Å². The highest BCUT2D eigenvalue weighted by atomic mass is 15.1. The molecule has 0 unspecified atom stereocenters. The van der Waals surface area contributed by atoms with Gasteiger partial charge in [-0.05, 0) is 57.6 Å². The molecule has 0 aliphatic carbocycles. The molecule has 6 rings (SSSR count). The van der Waals surface area contributed by atoms with E-state index < -0.39 is 0 Å². The molecule has 12 heteroatoms. The van der Waals surface area contributed by atoms with Gasteiger partial charge in [-0.15, -0.1) is 0 Å². The van der Waals surface area contributed by atoms with Gasteiger partial charge in [0.1, 0.15) is 23.3 Å². The Balaban J connectivity index is 1.24. The maximum absolute atomic E-state index is 4.47. The lowest BCUT2D eigenvalue weighted by molar-refractivity contribution is 0.630. The summed E-state index contributed by atoms with van der Waals surface area (Å²) < 4.78 is 8.20. The van der Waals surface area contributed by atoms with E-state index in [1.165, 1.54) is 33.4 Å². The third-order valence-corrected chi connectivity index (χ3v) is 8.57. The molecule has 0 amide bonds. The van der Waals surface area contributed by atoms with Gasteiger partial charge in [0.2, 0.25) is 0 Å². The second-order valence-corrected chi connectivity index (χ2v) is 12.3. The number of aryl methyl sites for hydroxylation is 4. The lowest BCUT2D eigenvalue weighted by Crippen LogP contribution is -2.18. The number of rotatable bonds is 17. The first-order chi connectivity index (χ1) is 23.4. The van der Waals surface area contributed by atoms with Crippen molar-refractivity contribution in [3.8, 4) is 11.1 Å². The van der Waals surface area contributed by atoms with Gasteiger partial charge in [0.25, 0.3) is 0 Å². The smallest absolute Gasteiger partial charge is 0.122 e. The van der Waals surface area contributed by atoms with E-state index in [-0.39, 0.29) is 0 Å². The summed E-state index contributed by atoms with van der Waals surface area (Å²) in [6.07, 6.45) is 15.3. The molecule has 0 radical (unpaired) electrons. The lowest BCUT2D eigenvalue weighted by Gasteiger charge is -2.15. The van der Waals surface area contributed by atoms with Crippen molar-refractivity contribution in [2.45, 2.75) is 52.4 Å². The Bertz CT molecular complexity index is 1640. The number of imidazole rings is 4. The molecule has 0 saturated heterocycles. The van der Waals surface area contributed by atoms with Gasteiger partial charge >= 0.3 is 0 Å². The van der Waals surface area contributed by atoms with E-state index in [0.29, 0.717) is 26.2 Å². The second-order valence-electron chi connectivity index (χ2n) is 12.3. The predicted octanol–water partition coefficient (Wildman–Crippen LogP) is 3.45. The molecular formula is C36H46N12. The van der Waals surface area contributed by atoms with Crippen LogP contribution >= 0.6 is 0 Å². The fraction of sp³-hybridized carbons (Fsp3) is 0.333. The van der Waals surface area contributed by atoms with Crippen LogP contribution in [-0.2, 0) is 80.5 Å². The van der Waals surface area contributed by atoms with E-state index in [1.807, 2.05) is 96.0 Å². The van der Waals surface area contributed by atoms with Crippen molar-refractivity contribution in [3.63, 3.8) is 0 Å². The quantitative estimate of drug-likeness (QED) is 0.119. The van der Waals surface area contributed by atoms with Crippen LogP contribution in [0.1, 0.15) is 45.6 Å². The number of benzene rings is 2. The standard InChI is InChI=1S/C36H46N12/c1-45-9-5-41-33(45)23-37-19-27-13-28(20-38-24-34-42-6-10-46(34)2)16-31(15-27)32-17-29(21-39-25-35-43-7-11-47(35)3)14-30(18-32)22-40-26-36-44-8-12-48(36)4/h5-18,37-40H,19-26H2,1-4H3. The fourth-order valence-corrected chi connectivity index (χ4v) is 5.81. The van der Waals surface area contributed by atoms with Gasteiger partial charge in [-0.3, -0.25) is 0 Å². The van der Waals surface area contributed by atoms with Crippen LogP contribution in [0.25, 0.3) is 11.1 Å². The average Bonchev–Trinajstić information content (AvgIpc) is 3.88. The molecule has 0 aliphatic rings. The zero-order valence-electron chi connectivity index (χ0n) is 28.3. The number of aromatic nitrogens is 8. The van der Waals surface area contributed by atoms with Crippen LogP contribution < -0.4 is 21.3 Å². The van der Waals surface area contributed by atoms with E-state index in [4.69, 9.17) is 0 Å². The molecule has 4 aromatic heterocycles. The van der Waals surface area contributed by atoms with Crippen molar-refractivity contribution in [1.29, 1.82) is 0 Å². The van der Waals surface area contributed by atoms with Gasteiger partial charge in [-0.2, -0.15) is 0 Å². The Labute approximate surface area is 282 Å². The normalized spacial score (nSPS) is 11.5. The Kier molecular flexibility index (Phi) is 10.9. The van der Waals surface area contributed by atoms with Gasteiger partial charge in [0.15, 0.2) is 0 Å². The first-order valence-electron chi connectivity index (χ1n) is 16.3. The van der Waals surface area contributed by atoms with Crippen LogP contribution in [0.15, 0.2) is 86.0 Å². The van der Waals surface area contributed by atoms with Crippen molar-refractivity contribution in [3.05, 3.63) is 132 Å². The monoisotopic (exact) mass is 646 g/mol. The first kappa shape index (κ1) is 33.0. The van der Waals surface area contributed by atoms with E-state index >= 15 is 0 Å². The zero-order chi connectivity index (χ0) is 33.3. The number of nitrogens with one attached hydrogen (secondary N) is 4. The number of hydrogen-bond acceptors (Lipinski definition) is 8. The molecule has 4 N–H and O–H groups in total. The van der Waals surface area contributed by atoms with E-state index in [9.17, 15) is 0 Å². The summed E-state index contributed by atoms with van der Waals surface area (Å²) in [6.45, 7) is 5.72. The molecule has 0 bridgehead atoms. The van der Waals surface area contributed by atoms with Crippen molar-refractivity contribution in [2.24, 2.45) is 28.2 Å². The molecule has 0 aliphatic heterocycles. The van der Waals surface area contributed by atoms with Crippen molar-refractivity contribution >= 4 is 0 Å². The fourth-order valence-electron chi connectivity index (χ4n) is 5.81. The molecule has 0 spiro atoms. The number of nitrogens with zero attached hydrogens (tertiary/aromatic N) is 8. The molecule has 6 aromatic rings. The summed E-state index contributed by atoms with van der Waals surface area (Å²) in [5.41, 5.74) is 7.28. The van der Waals surface area contributed by atoms with Gasteiger partial charge < -0.3 is 39.5 Å². The molecule has 12 nitrogen and oxygen atoms in total. The third-order valence-electron chi connectivity index (χ3n) is 8.57. The van der Waals surface area contributed by atoms with E-state index in [1.54, 1.807) is 0 Å². The molecule has 4 heterocycles. The molecule has 0 saturated carbocycles. The molecule has 2 aromatic carbocycles. The Hall–Kier alpha value is -4.88. The third kappa shape index (κ3) is 8.72. The summed E-state index contributed by atoms with van der Waals surface area (Å²) in [6, 6.07) is 13.8. The predicted molar refractivity (Wildman–Crippen MR) is 187 cm³/mol. The van der Waals surface area contributed by atoms with Crippen LogP contribution in [0.3, 0.4) is 0 Å². The minimum Gasteiger partial charge on any atom is -0.337 e. The molecule has 250 valence electrons. The topological polar surface area (TPSA) is 119 Å². The van der Waals surface area contributed by atoms with Gasteiger partial charge in [0.05, 0.1) is 26.2 Å². The maximum atomic E-state index is 4.47. The van der Waals surface area contributed by atoms with Crippen molar-refractivity contribution in [1.82, 2.24) is 59.5 Å². The van der Waals surface area contributed by atoms with Crippen LogP contribution in [0.5, 0.6) is 0 Å². The number of hydrogen-bond donors (Lipinski definition) is 4. The van der Waals surface area contributed by atoms with Crippen LogP contribution in [0.2, 0.25) is 0 Å². The minimum absolute atomic E-state index is 0.698. The Morgan fingerprint density at radius 1 is 0.375 bits per heavy atom. The van der Waals surface area contributed by atoms with E-state index in [2.05, 4.69) is 77.6 Å². The summed E-state index contributed by atoms with van der Waals surface area (Å²) in [7, 11) is 8.10. The zero-order valence-corrected chi connectivity index (χ0v) is 28.3. The van der Waals surface area contributed by atoms with Crippen LogP contribution in [0.4, 0.5) is 0 Å². The highest BCUT2D eigenvalue weighted by Gasteiger charge is 2.10. The Morgan fingerprint density at radius 3 is 0.833 bits per heavy atom. The van der Waals surface area contributed by atoms with Crippen molar-refractivity contribution < 1.29 is 0 Å². The van der Waals surface area contributed by atoms with Crippen molar-refractivity contribution in [2.75, 3.05) is 0 Å². The summed E-state index contributed by atoms with van der Waals surface area (Å²) in [5.74, 6) is 4.04. The summed E-state index contributed by atoms with van der Waals surface area (Å²) >= 11 is 0. The SMILES string of the molecule is Cn1ccnc1CNCc1cc(CNCc2nccn2C)cc(-c2cc(CNCc3nccn3C)cc(CNCc3nccn3C)c2)c1. The van der Waals surface area contributed by atoms with Crippen LogP contribution in [-0.4, -0.2) is 38.2 Å². The van der Waals surface area contributed by atoms with Gasteiger partial charge in [0, 0.05) is 104 Å². The minimum atomic E-state index is 0.698. The average molecular weight is 647 g/mol. The lowest BCUT2D eigenvalue weighted by atomic mass is 9.96. The first-order valence-corrected chi connectivity index (χ1v) is 16.3. The maximum Gasteiger partial charge on any atom is 0.122 e. The second kappa shape index (κ2) is 15.8. The molecule has 48 heavy (non-hydrogen) atoms. The molecular weight excluding hydrogens is 600 g/mol. The van der Waals surface area contributed by atoms with E-state index in [0.717, 1.165) is 49.5 Å². The summed E-state index contributed by atoms with van der Waals surface area (Å²) in [5, 5.41) is 14.4. The summed E-state index contributed by atoms with van der Waals surface area (Å²) in [4.78, 5) is 17.9. The Morgan fingerprint density at radius 2 is 0.625 bits per heavy atom.